The number of anilines is 2. The zero-order valence-electron chi connectivity index (χ0n) is 18.4. The lowest BCUT2D eigenvalue weighted by molar-refractivity contribution is 0.102. The molecule has 1 heterocycles. The van der Waals surface area contributed by atoms with E-state index in [1.807, 2.05) is 56.3 Å². The summed E-state index contributed by atoms with van der Waals surface area (Å²) >= 11 is 0. The van der Waals surface area contributed by atoms with Crippen LogP contribution in [0.1, 0.15) is 28.4 Å². The van der Waals surface area contributed by atoms with Gasteiger partial charge in [-0.3, -0.25) is 9.10 Å². The predicted molar refractivity (Wildman–Crippen MR) is 132 cm³/mol. The molecule has 5 rings (SSSR count). The van der Waals surface area contributed by atoms with Crippen molar-refractivity contribution in [1.82, 2.24) is 0 Å². The molecule has 1 atom stereocenters. The van der Waals surface area contributed by atoms with Crippen LogP contribution in [0.3, 0.4) is 0 Å². The molecular formula is C27H24N2O3S. The molecule has 0 saturated carbocycles. The van der Waals surface area contributed by atoms with E-state index in [2.05, 4.69) is 5.32 Å². The Kier molecular flexibility index (Phi) is 5.17. The third kappa shape index (κ3) is 3.76. The summed E-state index contributed by atoms with van der Waals surface area (Å²) in [6.07, 6.45) is 0.551. The highest BCUT2D eigenvalue weighted by Crippen LogP contribution is 2.37. The van der Waals surface area contributed by atoms with Gasteiger partial charge in [0.25, 0.3) is 15.9 Å². The van der Waals surface area contributed by atoms with Crippen molar-refractivity contribution in [1.29, 1.82) is 0 Å². The van der Waals surface area contributed by atoms with E-state index in [0.29, 0.717) is 17.7 Å². The topological polar surface area (TPSA) is 66.5 Å². The molecule has 0 spiro atoms. The summed E-state index contributed by atoms with van der Waals surface area (Å²) in [4.78, 5) is 13.3. The summed E-state index contributed by atoms with van der Waals surface area (Å²) < 4.78 is 28.2. The number of carbonyl (C=O) groups excluding carboxylic acids is 1. The number of rotatable bonds is 4. The fourth-order valence-corrected chi connectivity index (χ4v) is 6.16. The lowest BCUT2D eigenvalue weighted by atomic mass is 10.1. The summed E-state index contributed by atoms with van der Waals surface area (Å²) in [7, 11) is -3.69. The van der Waals surface area contributed by atoms with Crippen molar-refractivity contribution in [3.8, 4) is 0 Å². The minimum atomic E-state index is -3.69. The molecule has 1 N–H and O–H groups in total. The second-order valence-electron chi connectivity index (χ2n) is 8.49. The maximum absolute atomic E-state index is 13.3. The zero-order valence-corrected chi connectivity index (χ0v) is 19.3. The molecule has 4 aromatic carbocycles. The van der Waals surface area contributed by atoms with E-state index in [1.54, 1.807) is 42.5 Å². The van der Waals surface area contributed by atoms with E-state index in [0.717, 1.165) is 27.6 Å². The van der Waals surface area contributed by atoms with Gasteiger partial charge >= 0.3 is 0 Å². The number of aryl methyl sites for hydroxylation is 1. The van der Waals surface area contributed by atoms with E-state index >= 15 is 0 Å². The van der Waals surface area contributed by atoms with Gasteiger partial charge in [-0.15, -0.1) is 0 Å². The number of fused-ring (bicyclic) bond motifs is 2. The normalized spacial score (nSPS) is 15.5. The van der Waals surface area contributed by atoms with Crippen LogP contribution in [0.25, 0.3) is 10.8 Å². The highest BCUT2D eigenvalue weighted by atomic mass is 32.2. The molecule has 166 valence electrons. The first-order valence-corrected chi connectivity index (χ1v) is 12.3. The monoisotopic (exact) mass is 456 g/mol. The molecule has 0 saturated heterocycles. The molecule has 0 bridgehead atoms. The SMILES string of the molecule is Cc1ccc(S(=O)(=O)N2c3ccc(C(=O)Nc4cccc5ccccc45)cc3C[C@H]2C)cc1. The van der Waals surface area contributed by atoms with Gasteiger partial charge in [0.05, 0.1) is 10.6 Å². The van der Waals surface area contributed by atoms with Crippen LogP contribution in [-0.4, -0.2) is 20.4 Å². The lowest BCUT2D eigenvalue weighted by Crippen LogP contribution is -2.35. The molecule has 0 unspecified atom stereocenters. The molecule has 33 heavy (non-hydrogen) atoms. The minimum absolute atomic E-state index is 0.221. The van der Waals surface area contributed by atoms with Crippen LogP contribution in [0.4, 0.5) is 11.4 Å². The standard InChI is InChI=1S/C27H24N2O3S/c1-18-10-13-23(14-11-18)33(31,32)29-19(2)16-22-17-21(12-15-26(22)29)27(30)28-25-9-5-7-20-6-3-4-8-24(20)25/h3-15,17,19H,16H2,1-2H3,(H,28,30)/t19-/m1/s1. The summed E-state index contributed by atoms with van der Waals surface area (Å²) in [6, 6.07) is 25.6. The van der Waals surface area contributed by atoms with Crippen LogP contribution in [0.15, 0.2) is 89.8 Å². The van der Waals surface area contributed by atoms with Gasteiger partial charge < -0.3 is 5.32 Å². The van der Waals surface area contributed by atoms with Gasteiger partial charge in [0.1, 0.15) is 0 Å². The number of amides is 1. The average molecular weight is 457 g/mol. The second kappa shape index (κ2) is 8.05. The molecule has 0 aromatic heterocycles. The van der Waals surface area contributed by atoms with E-state index in [-0.39, 0.29) is 16.8 Å². The Morgan fingerprint density at radius 2 is 1.67 bits per heavy atom. The number of sulfonamides is 1. The molecule has 1 aliphatic heterocycles. The first-order chi connectivity index (χ1) is 15.8. The number of hydrogen-bond acceptors (Lipinski definition) is 3. The van der Waals surface area contributed by atoms with Crippen LogP contribution in [0.5, 0.6) is 0 Å². The van der Waals surface area contributed by atoms with Crippen molar-refractivity contribution in [2.24, 2.45) is 0 Å². The quantitative estimate of drug-likeness (QED) is 0.438. The van der Waals surface area contributed by atoms with Crippen LogP contribution in [0, 0.1) is 6.92 Å². The third-order valence-electron chi connectivity index (χ3n) is 6.11. The van der Waals surface area contributed by atoms with Gasteiger partial charge in [0, 0.05) is 22.7 Å². The van der Waals surface area contributed by atoms with Crippen LogP contribution in [0.2, 0.25) is 0 Å². The number of hydrogen-bond donors (Lipinski definition) is 1. The Morgan fingerprint density at radius 3 is 2.45 bits per heavy atom. The molecule has 6 heteroatoms. The molecule has 4 aromatic rings. The highest BCUT2D eigenvalue weighted by Gasteiger charge is 2.36. The summed E-state index contributed by atoms with van der Waals surface area (Å²) in [5, 5.41) is 5.03. The number of nitrogens with one attached hydrogen (secondary N) is 1. The lowest BCUT2D eigenvalue weighted by Gasteiger charge is -2.24. The molecule has 5 nitrogen and oxygen atoms in total. The Morgan fingerprint density at radius 1 is 0.939 bits per heavy atom. The molecule has 1 aliphatic rings. The molecule has 0 aliphatic carbocycles. The van der Waals surface area contributed by atoms with Crippen molar-refractivity contribution < 1.29 is 13.2 Å². The second-order valence-corrected chi connectivity index (χ2v) is 10.3. The first kappa shape index (κ1) is 21.2. The van der Waals surface area contributed by atoms with Gasteiger partial charge in [-0.2, -0.15) is 0 Å². The summed E-state index contributed by atoms with van der Waals surface area (Å²) in [6.45, 7) is 3.82. The van der Waals surface area contributed by atoms with Crippen LogP contribution >= 0.6 is 0 Å². The predicted octanol–water partition coefficient (Wildman–Crippen LogP) is 5.54. The van der Waals surface area contributed by atoms with Gasteiger partial charge in [-0.1, -0.05) is 54.1 Å². The maximum Gasteiger partial charge on any atom is 0.264 e. The number of carbonyl (C=O) groups is 1. The van der Waals surface area contributed by atoms with Crippen molar-refractivity contribution >= 4 is 38.1 Å². The molecule has 0 fully saturated rings. The Balaban J connectivity index is 1.45. The summed E-state index contributed by atoms with van der Waals surface area (Å²) in [5.74, 6) is -0.221. The Labute approximate surface area is 193 Å². The fourth-order valence-electron chi connectivity index (χ4n) is 4.46. The largest absolute Gasteiger partial charge is 0.321 e. The van der Waals surface area contributed by atoms with Crippen molar-refractivity contribution in [2.75, 3.05) is 9.62 Å². The Bertz CT molecular complexity index is 1470. The van der Waals surface area contributed by atoms with Gasteiger partial charge in [-0.25, -0.2) is 8.42 Å². The van der Waals surface area contributed by atoms with E-state index in [4.69, 9.17) is 0 Å². The highest BCUT2D eigenvalue weighted by molar-refractivity contribution is 7.92. The smallest absolute Gasteiger partial charge is 0.264 e. The van der Waals surface area contributed by atoms with E-state index < -0.39 is 10.0 Å². The number of benzene rings is 4. The first-order valence-electron chi connectivity index (χ1n) is 10.9. The molecular weight excluding hydrogens is 432 g/mol. The maximum atomic E-state index is 13.3. The average Bonchev–Trinajstić information content (AvgIpc) is 3.15. The van der Waals surface area contributed by atoms with Crippen molar-refractivity contribution in [3.63, 3.8) is 0 Å². The van der Waals surface area contributed by atoms with Crippen molar-refractivity contribution in [3.05, 3.63) is 102 Å². The fraction of sp³-hybridized carbons (Fsp3) is 0.148. The van der Waals surface area contributed by atoms with Gasteiger partial charge in [-0.05, 0) is 67.6 Å². The van der Waals surface area contributed by atoms with Gasteiger partial charge in [0.15, 0.2) is 0 Å². The van der Waals surface area contributed by atoms with E-state index in [1.165, 1.54) is 4.31 Å². The van der Waals surface area contributed by atoms with Crippen molar-refractivity contribution in [2.45, 2.75) is 31.2 Å². The molecule has 1 amide bonds. The minimum Gasteiger partial charge on any atom is -0.321 e. The zero-order chi connectivity index (χ0) is 23.2. The number of nitrogens with zero attached hydrogens (tertiary/aromatic N) is 1. The summed E-state index contributed by atoms with van der Waals surface area (Å²) in [5.41, 5.74) is 3.73. The van der Waals surface area contributed by atoms with Crippen LogP contribution in [-0.2, 0) is 16.4 Å². The third-order valence-corrected chi connectivity index (χ3v) is 8.05. The van der Waals surface area contributed by atoms with Crippen LogP contribution < -0.4 is 9.62 Å². The van der Waals surface area contributed by atoms with Gasteiger partial charge in [0.2, 0.25) is 0 Å². The molecule has 0 radical (unpaired) electrons. The van der Waals surface area contributed by atoms with E-state index in [9.17, 15) is 13.2 Å². The Hall–Kier alpha value is -3.64.